The first-order valence-electron chi connectivity index (χ1n) is 7.21. The monoisotopic (exact) mass is 260 g/mol. The first kappa shape index (κ1) is 14.1. The van der Waals surface area contributed by atoms with Crippen molar-refractivity contribution in [2.75, 3.05) is 0 Å². The molecule has 1 aliphatic carbocycles. The Labute approximate surface area is 115 Å². The Hall–Kier alpha value is -1.31. The lowest BCUT2D eigenvalue weighted by Crippen LogP contribution is -2.38. The van der Waals surface area contributed by atoms with Gasteiger partial charge >= 0.3 is 5.97 Å². The van der Waals surface area contributed by atoms with Crippen LogP contribution in [0.1, 0.15) is 59.9 Å². The summed E-state index contributed by atoms with van der Waals surface area (Å²) in [5.41, 5.74) is 5.33. The normalized spacial score (nSPS) is 18.3. The van der Waals surface area contributed by atoms with Gasteiger partial charge in [-0.1, -0.05) is 25.3 Å². The number of hydrogen-bond acceptors (Lipinski definition) is 1. The van der Waals surface area contributed by atoms with Crippen LogP contribution in [0.3, 0.4) is 0 Å². The molecule has 2 nitrogen and oxygen atoms in total. The van der Waals surface area contributed by atoms with Crippen LogP contribution in [0.2, 0.25) is 0 Å². The second-order valence-electron chi connectivity index (χ2n) is 6.06. The van der Waals surface area contributed by atoms with Gasteiger partial charge in [-0.05, 0) is 68.4 Å². The highest BCUT2D eigenvalue weighted by Gasteiger charge is 2.42. The third-order valence-corrected chi connectivity index (χ3v) is 5.11. The fourth-order valence-electron chi connectivity index (χ4n) is 3.46. The standard InChI is InChI=1S/C17H24O2/c1-11-10-15(14(4)13(3)12(11)2)17(16(18)19)8-6-5-7-9-17/h10H,5-9H2,1-4H3,(H,18,19). The lowest BCUT2D eigenvalue weighted by molar-refractivity contribution is -0.145. The number of carboxylic acid groups (broad SMARTS) is 1. The van der Waals surface area contributed by atoms with Crippen LogP contribution in [-0.2, 0) is 10.2 Å². The number of carbonyl (C=O) groups is 1. The summed E-state index contributed by atoms with van der Waals surface area (Å²) in [6, 6.07) is 2.12. The van der Waals surface area contributed by atoms with E-state index in [1.165, 1.54) is 22.3 Å². The molecule has 0 spiro atoms. The molecule has 0 bridgehead atoms. The summed E-state index contributed by atoms with van der Waals surface area (Å²) in [5.74, 6) is -0.641. The van der Waals surface area contributed by atoms with Crippen LogP contribution in [0, 0.1) is 27.7 Å². The molecule has 0 radical (unpaired) electrons. The molecule has 1 N–H and O–H groups in total. The fraction of sp³-hybridized carbons (Fsp3) is 0.588. The fourth-order valence-corrected chi connectivity index (χ4v) is 3.46. The number of benzene rings is 1. The predicted octanol–water partition coefficient (Wildman–Crippen LogP) is 4.21. The van der Waals surface area contributed by atoms with Crippen molar-refractivity contribution in [3.63, 3.8) is 0 Å². The second kappa shape index (κ2) is 4.99. The van der Waals surface area contributed by atoms with Gasteiger partial charge in [0, 0.05) is 0 Å². The molecule has 2 rings (SSSR count). The third-order valence-electron chi connectivity index (χ3n) is 5.11. The van der Waals surface area contributed by atoms with Crippen molar-refractivity contribution in [3.05, 3.63) is 33.9 Å². The smallest absolute Gasteiger partial charge is 0.314 e. The molecular formula is C17H24O2. The lowest BCUT2D eigenvalue weighted by atomic mass is 9.67. The van der Waals surface area contributed by atoms with Gasteiger partial charge in [-0.25, -0.2) is 0 Å². The zero-order chi connectivity index (χ0) is 14.2. The molecule has 0 aromatic heterocycles. The summed E-state index contributed by atoms with van der Waals surface area (Å²) in [5, 5.41) is 9.82. The maximum atomic E-state index is 11.9. The van der Waals surface area contributed by atoms with Crippen molar-refractivity contribution < 1.29 is 9.90 Å². The van der Waals surface area contributed by atoms with E-state index in [9.17, 15) is 9.90 Å². The van der Waals surface area contributed by atoms with Gasteiger partial charge in [-0.3, -0.25) is 4.79 Å². The van der Waals surface area contributed by atoms with Crippen LogP contribution >= 0.6 is 0 Å². The molecule has 0 aliphatic heterocycles. The minimum atomic E-state index is -0.647. The van der Waals surface area contributed by atoms with E-state index in [0.717, 1.165) is 37.7 Å². The molecular weight excluding hydrogens is 236 g/mol. The molecule has 1 aromatic carbocycles. The molecule has 0 amide bonds. The predicted molar refractivity (Wildman–Crippen MR) is 77.8 cm³/mol. The summed E-state index contributed by atoms with van der Waals surface area (Å²) in [7, 11) is 0. The van der Waals surface area contributed by atoms with E-state index in [2.05, 4.69) is 33.8 Å². The Kier molecular flexibility index (Phi) is 3.71. The Bertz CT molecular complexity index is 508. The van der Waals surface area contributed by atoms with Crippen molar-refractivity contribution in [1.29, 1.82) is 0 Å². The molecule has 1 aromatic rings. The van der Waals surface area contributed by atoms with Gasteiger partial charge in [0.05, 0.1) is 5.41 Å². The summed E-state index contributed by atoms with van der Waals surface area (Å²) >= 11 is 0. The molecule has 0 heterocycles. The van der Waals surface area contributed by atoms with Gasteiger partial charge in [0.2, 0.25) is 0 Å². The van der Waals surface area contributed by atoms with E-state index in [1.807, 2.05) is 0 Å². The van der Waals surface area contributed by atoms with E-state index in [0.29, 0.717) is 0 Å². The molecule has 0 saturated heterocycles. The zero-order valence-electron chi connectivity index (χ0n) is 12.5. The highest BCUT2D eigenvalue weighted by molar-refractivity contribution is 5.82. The molecule has 1 fully saturated rings. The Balaban J connectivity index is 2.64. The number of aliphatic carboxylic acids is 1. The first-order valence-corrected chi connectivity index (χ1v) is 7.21. The van der Waals surface area contributed by atoms with Crippen molar-refractivity contribution >= 4 is 5.97 Å². The van der Waals surface area contributed by atoms with Gasteiger partial charge in [0.15, 0.2) is 0 Å². The van der Waals surface area contributed by atoms with Crippen molar-refractivity contribution in [2.24, 2.45) is 0 Å². The SMILES string of the molecule is Cc1cc(C2(C(=O)O)CCCCC2)c(C)c(C)c1C. The van der Waals surface area contributed by atoms with Crippen molar-refractivity contribution in [1.82, 2.24) is 0 Å². The molecule has 19 heavy (non-hydrogen) atoms. The highest BCUT2D eigenvalue weighted by atomic mass is 16.4. The van der Waals surface area contributed by atoms with Crippen molar-refractivity contribution in [2.45, 2.75) is 65.2 Å². The van der Waals surface area contributed by atoms with Gasteiger partial charge in [0.25, 0.3) is 0 Å². The molecule has 2 heteroatoms. The van der Waals surface area contributed by atoms with E-state index in [4.69, 9.17) is 0 Å². The number of aryl methyl sites for hydroxylation is 1. The first-order chi connectivity index (χ1) is 8.90. The van der Waals surface area contributed by atoms with E-state index in [-0.39, 0.29) is 0 Å². The van der Waals surface area contributed by atoms with E-state index < -0.39 is 11.4 Å². The number of rotatable bonds is 2. The minimum absolute atomic E-state index is 0.641. The van der Waals surface area contributed by atoms with E-state index in [1.54, 1.807) is 0 Å². The summed E-state index contributed by atoms with van der Waals surface area (Å²) in [4.78, 5) is 11.9. The maximum absolute atomic E-state index is 11.9. The maximum Gasteiger partial charge on any atom is 0.314 e. The lowest BCUT2D eigenvalue weighted by Gasteiger charge is -2.36. The van der Waals surface area contributed by atoms with E-state index >= 15 is 0 Å². The average molecular weight is 260 g/mol. The topological polar surface area (TPSA) is 37.3 Å². The molecule has 0 unspecified atom stereocenters. The minimum Gasteiger partial charge on any atom is -0.481 e. The van der Waals surface area contributed by atoms with Crippen LogP contribution < -0.4 is 0 Å². The molecule has 1 aliphatic rings. The van der Waals surface area contributed by atoms with Crippen LogP contribution in [0.4, 0.5) is 0 Å². The Morgan fingerprint density at radius 1 is 1.00 bits per heavy atom. The van der Waals surface area contributed by atoms with Gasteiger partial charge < -0.3 is 5.11 Å². The molecule has 1 saturated carbocycles. The highest BCUT2D eigenvalue weighted by Crippen LogP contribution is 2.42. The largest absolute Gasteiger partial charge is 0.481 e. The average Bonchev–Trinajstić information content (AvgIpc) is 2.41. The van der Waals surface area contributed by atoms with Crippen molar-refractivity contribution in [3.8, 4) is 0 Å². The van der Waals surface area contributed by atoms with Gasteiger partial charge in [-0.2, -0.15) is 0 Å². The number of hydrogen-bond donors (Lipinski definition) is 1. The summed E-state index contributed by atoms with van der Waals surface area (Å²) in [6.07, 6.45) is 4.78. The Morgan fingerprint density at radius 3 is 2.11 bits per heavy atom. The summed E-state index contributed by atoms with van der Waals surface area (Å²) < 4.78 is 0. The zero-order valence-corrected chi connectivity index (χ0v) is 12.5. The third kappa shape index (κ3) is 2.18. The summed E-state index contributed by atoms with van der Waals surface area (Å²) in [6.45, 7) is 8.40. The second-order valence-corrected chi connectivity index (χ2v) is 6.06. The molecule has 0 atom stereocenters. The van der Waals surface area contributed by atoms with Crippen LogP contribution in [0.15, 0.2) is 6.07 Å². The van der Waals surface area contributed by atoms with Crippen LogP contribution in [0.25, 0.3) is 0 Å². The van der Waals surface area contributed by atoms with Crippen LogP contribution in [-0.4, -0.2) is 11.1 Å². The Morgan fingerprint density at radius 2 is 1.58 bits per heavy atom. The van der Waals surface area contributed by atoms with Gasteiger partial charge in [-0.15, -0.1) is 0 Å². The quantitative estimate of drug-likeness (QED) is 0.865. The molecule has 104 valence electrons. The van der Waals surface area contributed by atoms with Gasteiger partial charge in [0.1, 0.15) is 0 Å². The number of carboxylic acids is 1. The van der Waals surface area contributed by atoms with Crippen LogP contribution in [0.5, 0.6) is 0 Å².